The smallest absolute Gasteiger partial charge is 0.222 e. The zero-order valence-electron chi connectivity index (χ0n) is 8.74. The molecule has 3 heteroatoms. The highest BCUT2D eigenvalue weighted by Gasteiger charge is 2.13. The molecule has 0 unspecified atom stereocenters. The molecule has 15 heavy (non-hydrogen) atoms. The maximum absolute atomic E-state index is 5.23. The lowest BCUT2D eigenvalue weighted by molar-refractivity contribution is 0.461. The summed E-state index contributed by atoms with van der Waals surface area (Å²) in [5.41, 5.74) is 0.726. The first-order valence-corrected chi connectivity index (χ1v) is 5.43. The number of hydrogen-bond donors (Lipinski definition) is 1. The Morgan fingerprint density at radius 1 is 1.20 bits per heavy atom. The van der Waals surface area contributed by atoms with Crippen molar-refractivity contribution in [2.45, 2.75) is 38.1 Å². The van der Waals surface area contributed by atoms with Crippen molar-refractivity contribution in [2.75, 3.05) is 5.32 Å². The molecule has 0 aromatic carbocycles. The number of aromatic nitrogens is 2. The fourth-order valence-corrected chi connectivity index (χ4v) is 1.91. The van der Waals surface area contributed by atoms with Gasteiger partial charge in [-0.2, -0.15) is 0 Å². The van der Waals surface area contributed by atoms with E-state index in [9.17, 15) is 0 Å². The van der Waals surface area contributed by atoms with Crippen LogP contribution >= 0.6 is 0 Å². The standard InChI is InChI=1S/C12H15N3/c1-2-10-8-13-12(14-9-10)15-11-6-4-3-5-7-11/h1,8-9,11H,3-7H2,(H,13,14,15). The maximum Gasteiger partial charge on any atom is 0.222 e. The predicted molar refractivity (Wildman–Crippen MR) is 60.5 cm³/mol. The van der Waals surface area contributed by atoms with E-state index < -0.39 is 0 Å². The van der Waals surface area contributed by atoms with Crippen molar-refractivity contribution in [3.63, 3.8) is 0 Å². The fraction of sp³-hybridized carbons (Fsp3) is 0.500. The molecule has 0 atom stereocenters. The molecule has 0 aliphatic heterocycles. The van der Waals surface area contributed by atoms with Gasteiger partial charge >= 0.3 is 0 Å². The van der Waals surface area contributed by atoms with E-state index in [-0.39, 0.29) is 0 Å². The summed E-state index contributed by atoms with van der Waals surface area (Å²) in [5, 5.41) is 3.34. The van der Waals surface area contributed by atoms with Gasteiger partial charge in [-0.1, -0.05) is 25.2 Å². The molecule has 1 aromatic heterocycles. The third-order valence-corrected chi connectivity index (χ3v) is 2.76. The van der Waals surface area contributed by atoms with Crippen LogP contribution in [-0.2, 0) is 0 Å². The summed E-state index contributed by atoms with van der Waals surface area (Å²) >= 11 is 0. The molecule has 1 aliphatic carbocycles. The Labute approximate surface area is 90.3 Å². The number of nitrogens with zero attached hydrogens (tertiary/aromatic N) is 2. The summed E-state index contributed by atoms with van der Waals surface area (Å²) in [6.07, 6.45) is 15.0. The second-order valence-corrected chi connectivity index (χ2v) is 3.92. The van der Waals surface area contributed by atoms with E-state index in [0.717, 1.165) is 5.56 Å². The molecule has 1 aromatic rings. The predicted octanol–water partition coefficient (Wildman–Crippen LogP) is 2.20. The number of hydrogen-bond acceptors (Lipinski definition) is 3. The van der Waals surface area contributed by atoms with E-state index in [1.807, 2.05) is 0 Å². The van der Waals surface area contributed by atoms with E-state index in [2.05, 4.69) is 21.2 Å². The Hall–Kier alpha value is -1.56. The molecule has 3 nitrogen and oxygen atoms in total. The molecule has 1 N–H and O–H groups in total. The fourth-order valence-electron chi connectivity index (χ4n) is 1.91. The van der Waals surface area contributed by atoms with Crippen LogP contribution in [0, 0.1) is 12.3 Å². The highest BCUT2D eigenvalue weighted by Crippen LogP contribution is 2.19. The zero-order chi connectivity index (χ0) is 10.5. The second-order valence-electron chi connectivity index (χ2n) is 3.92. The summed E-state index contributed by atoms with van der Waals surface area (Å²) in [5.74, 6) is 3.20. The normalized spacial score (nSPS) is 17.0. The van der Waals surface area contributed by atoms with E-state index >= 15 is 0 Å². The Bertz CT molecular complexity index is 344. The van der Waals surface area contributed by atoms with Crippen molar-refractivity contribution < 1.29 is 0 Å². The molecule has 78 valence electrons. The van der Waals surface area contributed by atoms with Crippen LogP contribution in [0.4, 0.5) is 5.95 Å². The van der Waals surface area contributed by atoms with Gasteiger partial charge in [-0.15, -0.1) is 6.42 Å². The quantitative estimate of drug-likeness (QED) is 0.745. The minimum Gasteiger partial charge on any atom is -0.351 e. The lowest BCUT2D eigenvalue weighted by Crippen LogP contribution is -2.23. The van der Waals surface area contributed by atoms with Crippen LogP contribution in [0.1, 0.15) is 37.7 Å². The monoisotopic (exact) mass is 201 g/mol. The molecule has 0 saturated heterocycles. The summed E-state index contributed by atoms with van der Waals surface area (Å²) in [6.45, 7) is 0. The van der Waals surface area contributed by atoms with Gasteiger partial charge in [-0.25, -0.2) is 9.97 Å². The molecular formula is C12H15N3. The number of terminal acetylenes is 1. The van der Waals surface area contributed by atoms with E-state index in [0.29, 0.717) is 12.0 Å². The molecular weight excluding hydrogens is 186 g/mol. The third-order valence-electron chi connectivity index (χ3n) is 2.76. The largest absolute Gasteiger partial charge is 0.351 e. The van der Waals surface area contributed by atoms with Gasteiger partial charge in [0.25, 0.3) is 0 Å². The molecule has 1 saturated carbocycles. The lowest BCUT2D eigenvalue weighted by Gasteiger charge is -2.22. The van der Waals surface area contributed by atoms with Crippen LogP contribution in [0.2, 0.25) is 0 Å². The average Bonchev–Trinajstić information content (AvgIpc) is 2.31. The molecule has 1 heterocycles. The number of rotatable bonds is 2. The Morgan fingerprint density at radius 3 is 2.47 bits per heavy atom. The van der Waals surface area contributed by atoms with Crippen molar-refractivity contribution in [3.05, 3.63) is 18.0 Å². The van der Waals surface area contributed by atoms with Crippen LogP contribution in [0.25, 0.3) is 0 Å². The van der Waals surface area contributed by atoms with Gasteiger partial charge in [0.1, 0.15) is 0 Å². The highest BCUT2D eigenvalue weighted by atomic mass is 15.1. The summed E-state index contributed by atoms with van der Waals surface area (Å²) in [4.78, 5) is 8.36. The molecule has 1 fully saturated rings. The van der Waals surface area contributed by atoms with Gasteiger partial charge in [0.05, 0.1) is 5.56 Å². The Kier molecular flexibility index (Phi) is 3.18. The van der Waals surface area contributed by atoms with Crippen LogP contribution in [0.15, 0.2) is 12.4 Å². The first-order chi connectivity index (χ1) is 7.38. The van der Waals surface area contributed by atoms with Gasteiger partial charge in [0, 0.05) is 18.4 Å². The van der Waals surface area contributed by atoms with Crippen molar-refractivity contribution in [2.24, 2.45) is 0 Å². The molecule has 1 aliphatic rings. The minimum atomic E-state index is 0.537. The SMILES string of the molecule is C#Cc1cnc(NC2CCCCC2)nc1. The van der Waals surface area contributed by atoms with Crippen LogP contribution < -0.4 is 5.32 Å². The first kappa shape index (κ1) is 9.97. The lowest BCUT2D eigenvalue weighted by atomic mass is 9.96. The molecule has 0 spiro atoms. The molecule has 2 rings (SSSR count). The van der Waals surface area contributed by atoms with Crippen molar-refractivity contribution in [3.8, 4) is 12.3 Å². The Balaban J connectivity index is 1.95. The third kappa shape index (κ3) is 2.69. The summed E-state index contributed by atoms with van der Waals surface area (Å²) in [7, 11) is 0. The number of anilines is 1. The summed E-state index contributed by atoms with van der Waals surface area (Å²) in [6, 6.07) is 0.537. The molecule has 0 radical (unpaired) electrons. The summed E-state index contributed by atoms with van der Waals surface area (Å²) < 4.78 is 0. The highest BCUT2D eigenvalue weighted by molar-refractivity contribution is 5.32. The minimum absolute atomic E-state index is 0.537. The van der Waals surface area contributed by atoms with Gasteiger partial charge in [-0.05, 0) is 12.8 Å². The first-order valence-electron chi connectivity index (χ1n) is 5.43. The van der Waals surface area contributed by atoms with Crippen LogP contribution in [0.5, 0.6) is 0 Å². The van der Waals surface area contributed by atoms with Gasteiger partial charge in [0.15, 0.2) is 0 Å². The van der Waals surface area contributed by atoms with Crippen molar-refractivity contribution in [1.29, 1.82) is 0 Å². The topological polar surface area (TPSA) is 37.8 Å². The molecule has 0 amide bonds. The van der Waals surface area contributed by atoms with E-state index in [4.69, 9.17) is 6.42 Å². The van der Waals surface area contributed by atoms with Crippen molar-refractivity contribution >= 4 is 5.95 Å². The van der Waals surface area contributed by atoms with E-state index in [1.165, 1.54) is 32.1 Å². The Morgan fingerprint density at radius 2 is 1.87 bits per heavy atom. The average molecular weight is 201 g/mol. The molecule has 0 bridgehead atoms. The van der Waals surface area contributed by atoms with E-state index in [1.54, 1.807) is 12.4 Å². The number of nitrogens with one attached hydrogen (secondary N) is 1. The van der Waals surface area contributed by atoms with Crippen LogP contribution in [-0.4, -0.2) is 16.0 Å². The second kappa shape index (κ2) is 4.79. The van der Waals surface area contributed by atoms with Gasteiger partial charge in [0.2, 0.25) is 5.95 Å². The van der Waals surface area contributed by atoms with Gasteiger partial charge in [-0.3, -0.25) is 0 Å². The van der Waals surface area contributed by atoms with Crippen molar-refractivity contribution in [1.82, 2.24) is 9.97 Å². The van der Waals surface area contributed by atoms with Gasteiger partial charge < -0.3 is 5.32 Å². The maximum atomic E-state index is 5.23. The van der Waals surface area contributed by atoms with Crippen LogP contribution in [0.3, 0.4) is 0 Å². The zero-order valence-corrected chi connectivity index (χ0v) is 8.74.